The molecule has 0 atom stereocenters. The molecule has 0 aliphatic carbocycles. The summed E-state index contributed by atoms with van der Waals surface area (Å²) in [7, 11) is 1.87. The van der Waals surface area contributed by atoms with E-state index in [0.29, 0.717) is 6.54 Å². The molecule has 0 aliphatic heterocycles. The number of thiazole rings is 1. The predicted octanol–water partition coefficient (Wildman–Crippen LogP) is 2.30. The van der Waals surface area contributed by atoms with Gasteiger partial charge < -0.3 is 5.32 Å². The molecule has 0 unspecified atom stereocenters. The van der Waals surface area contributed by atoms with Gasteiger partial charge in [-0.15, -0.1) is 11.3 Å². The summed E-state index contributed by atoms with van der Waals surface area (Å²) in [4.78, 5) is 15.5. The van der Waals surface area contributed by atoms with E-state index in [4.69, 9.17) is 0 Å². The van der Waals surface area contributed by atoms with Crippen molar-refractivity contribution < 1.29 is 0 Å². The van der Waals surface area contributed by atoms with Gasteiger partial charge in [0.2, 0.25) is 0 Å². The highest BCUT2D eigenvalue weighted by molar-refractivity contribution is 7.17. The Bertz CT molecular complexity index is 978. The van der Waals surface area contributed by atoms with Crippen LogP contribution in [0.15, 0.2) is 18.7 Å². The lowest BCUT2D eigenvalue weighted by Gasteiger charge is -2.06. The maximum atomic E-state index is 4.60. The molecule has 0 saturated heterocycles. The van der Waals surface area contributed by atoms with E-state index in [1.165, 1.54) is 4.88 Å². The second kappa shape index (κ2) is 4.77. The Morgan fingerprint density at radius 2 is 2.14 bits per heavy atom. The van der Waals surface area contributed by atoms with E-state index in [-0.39, 0.29) is 0 Å². The highest BCUT2D eigenvalue weighted by Gasteiger charge is 2.12. The van der Waals surface area contributed by atoms with Crippen molar-refractivity contribution in [3.8, 4) is 0 Å². The van der Waals surface area contributed by atoms with Gasteiger partial charge in [0, 0.05) is 18.1 Å². The van der Waals surface area contributed by atoms with E-state index in [1.54, 1.807) is 28.5 Å². The smallest absolute Gasteiger partial charge is 0.194 e. The molecule has 0 aromatic carbocycles. The molecule has 0 amide bonds. The second-order valence-corrected chi connectivity index (χ2v) is 6.43. The Kier molecular flexibility index (Phi) is 2.86. The quantitative estimate of drug-likeness (QED) is 0.628. The van der Waals surface area contributed by atoms with E-state index in [0.717, 1.165) is 33.2 Å². The van der Waals surface area contributed by atoms with Crippen LogP contribution < -0.4 is 5.32 Å². The predicted molar refractivity (Wildman–Crippen MR) is 86.2 cm³/mol. The van der Waals surface area contributed by atoms with Gasteiger partial charge in [0.05, 0.1) is 29.5 Å². The Balaban J connectivity index is 1.69. The van der Waals surface area contributed by atoms with Gasteiger partial charge in [0.15, 0.2) is 10.6 Å². The highest BCUT2D eigenvalue weighted by Crippen LogP contribution is 2.23. The first-order valence-corrected chi connectivity index (χ1v) is 7.75. The molecule has 0 bridgehead atoms. The average Bonchev–Trinajstić information content (AvgIpc) is 3.11. The van der Waals surface area contributed by atoms with Gasteiger partial charge in [-0.1, -0.05) is 0 Å². The zero-order chi connectivity index (χ0) is 15.3. The number of nitrogens with one attached hydrogen (secondary N) is 1. The second-order valence-electron chi connectivity index (χ2n) is 5.22. The molecule has 0 saturated carbocycles. The maximum Gasteiger partial charge on any atom is 0.194 e. The highest BCUT2D eigenvalue weighted by atomic mass is 32.1. The number of imidazole rings is 1. The molecular weight excluding hydrogens is 298 g/mol. The van der Waals surface area contributed by atoms with Crippen LogP contribution in [0.4, 0.5) is 5.82 Å². The summed E-state index contributed by atoms with van der Waals surface area (Å²) in [5.41, 5.74) is 3.00. The Hall–Kier alpha value is -2.48. The first-order valence-electron chi connectivity index (χ1n) is 6.94. The van der Waals surface area contributed by atoms with Crippen LogP contribution in [0.2, 0.25) is 0 Å². The summed E-state index contributed by atoms with van der Waals surface area (Å²) in [5.74, 6) is 0.791. The minimum atomic E-state index is 0.657. The number of rotatable bonds is 3. The molecule has 1 N–H and O–H groups in total. The molecule has 7 nitrogen and oxygen atoms in total. The minimum absolute atomic E-state index is 0.657. The molecule has 0 fully saturated rings. The zero-order valence-electron chi connectivity index (χ0n) is 12.5. The number of nitrogens with zero attached hydrogens (tertiary/aromatic N) is 6. The molecule has 4 heterocycles. The van der Waals surface area contributed by atoms with Crippen molar-refractivity contribution in [2.24, 2.45) is 7.05 Å². The summed E-state index contributed by atoms with van der Waals surface area (Å²) in [6.07, 6.45) is 5.46. The number of aryl methyl sites for hydroxylation is 3. The molecule has 0 aliphatic rings. The van der Waals surface area contributed by atoms with Gasteiger partial charge in [-0.3, -0.25) is 9.08 Å². The van der Waals surface area contributed by atoms with Gasteiger partial charge in [0.25, 0.3) is 0 Å². The van der Waals surface area contributed by atoms with Crippen LogP contribution in [0, 0.1) is 13.8 Å². The first kappa shape index (κ1) is 13.2. The normalized spacial score (nSPS) is 11.6. The lowest BCUT2D eigenvalue weighted by molar-refractivity contribution is 0.785. The fourth-order valence-corrected chi connectivity index (χ4v) is 3.48. The van der Waals surface area contributed by atoms with Crippen molar-refractivity contribution >= 4 is 33.1 Å². The van der Waals surface area contributed by atoms with Gasteiger partial charge >= 0.3 is 0 Å². The van der Waals surface area contributed by atoms with Crippen LogP contribution >= 0.6 is 11.3 Å². The Labute approximate surface area is 130 Å². The third-order valence-electron chi connectivity index (χ3n) is 3.69. The number of hydrogen-bond donors (Lipinski definition) is 1. The Morgan fingerprint density at radius 3 is 3.00 bits per heavy atom. The van der Waals surface area contributed by atoms with Crippen molar-refractivity contribution in [1.82, 2.24) is 29.1 Å². The van der Waals surface area contributed by atoms with E-state index in [1.807, 2.05) is 14.0 Å². The zero-order valence-corrected chi connectivity index (χ0v) is 13.3. The van der Waals surface area contributed by atoms with Gasteiger partial charge in [-0.25, -0.2) is 15.0 Å². The minimum Gasteiger partial charge on any atom is -0.364 e. The monoisotopic (exact) mass is 313 g/mol. The fourth-order valence-electron chi connectivity index (χ4n) is 2.59. The van der Waals surface area contributed by atoms with E-state index < -0.39 is 0 Å². The van der Waals surface area contributed by atoms with Crippen molar-refractivity contribution in [3.05, 3.63) is 35.0 Å². The van der Waals surface area contributed by atoms with Crippen molar-refractivity contribution in [3.63, 3.8) is 0 Å². The largest absolute Gasteiger partial charge is 0.364 e. The SMILES string of the molecule is Cc1cn2c(CNc3ncnc4c3cnn4C)c(C)nc2s1. The molecule has 4 rings (SSSR count). The Morgan fingerprint density at radius 1 is 1.27 bits per heavy atom. The third kappa shape index (κ3) is 1.95. The summed E-state index contributed by atoms with van der Waals surface area (Å²) >= 11 is 1.70. The van der Waals surface area contributed by atoms with E-state index >= 15 is 0 Å². The average molecular weight is 313 g/mol. The van der Waals surface area contributed by atoms with Crippen LogP contribution in [-0.4, -0.2) is 29.1 Å². The molecule has 22 heavy (non-hydrogen) atoms. The summed E-state index contributed by atoms with van der Waals surface area (Å²) in [5, 5.41) is 8.54. The molecule has 4 aromatic heterocycles. The summed E-state index contributed by atoms with van der Waals surface area (Å²) in [6, 6.07) is 0. The van der Waals surface area contributed by atoms with Crippen LogP contribution in [0.1, 0.15) is 16.3 Å². The topological polar surface area (TPSA) is 72.9 Å². The maximum absolute atomic E-state index is 4.60. The van der Waals surface area contributed by atoms with Crippen LogP contribution in [0.25, 0.3) is 16.0 Å². The van der Waals surface area contributed by atoms with Crippen LogP contribution in [0.5, 0.6) is 0 Å². The molecule has 8 heteroatoms. The molecular formula is C14H15N7S. The number of fused-ring (bicyclic) bond motifs is 2. The number of aromatic nitrogens is 6. The van der Waals surface area contributed by atoms with Gasteiger partial charge in [-0.2, -0.15) is 5.10 Å². The van der Waals surface area contributed by atoms with Crippen LogP contribution in [0.3, 0.4) is 0 Å². The lowest BCUT2D eigenvalue weighted by atomic mass is 10.3. The number of hydrogen-bond acceptors (Lipinski definition) is 6. The fraction of sp³-hybridized carbons (Fsp3) is 0.286. The summed E-state index contributed by atoms with van der Waals surface area (Å²) < 4.78 is 3.89. The molecule has 112 valence electrons. The molecule has 4 aromatic rings. The molecule has 0 radical (unpaired) electrons. The van der Waals surface area contributed by atoms with Crippen molar-refractivity contribution in [1.29, 1.82) is 0 Å². The van der Waals surface area contributed by atoms with Gasteiger partial charge in [-0.05, 0) is 13.8 Å². The first-order chi connectivity index (χ1) is 10.6. The summed E-state index contributed by atoms with van der Waals surface area (Å²) in [6.45, 7) is 4.78. The van der Waals surface area contributed by atoms with Crippen molar-refractivity contribution in [2.45, 2.75) is 20.4 Å². The van der Waals surface area contributed by atoms with Gasteiger partial charge in [0.1, 0.15) is 12.1 Å². The van der Waals surface area contributed by atoms with Crippen LogP contribution in [-0.2, 0) is 13.6 Å². The van der Waals surface area contributed by atoms with E-state index in [9.17, 15) is 0 Å². The third-order valence-corrected chi connectivity index (χ3v) is 4.59. The molecule has 0 spiro atoms. The number of anilines is 1. The van der Waals surface area contributed by atoms with E-state index in [2.05, 4.69) is 42.9 Å². The lowest BCUT2D eigenvalue weighted by Crippen LogP contribution is -2.05. The van der Waals surface area contributed by atoms with Crippen molar-refractivity contribution in [2.75, 3.05) is 5.32 Å². The standard InChI is InChI=1S/C14H15N7S/c1-8-6-21-11(9(2)19-14(21)22-8)5-15-12-10-4-18-20(3)13(10)17-7-16-12/h4,6-7H,5H2,1-3H3,(H,15,16,17).